The molecule has 0 heterocycles. The van der Waals surface area contributed by atoms with Crippen molar-refractivity contribution in [2.45, 2.75) is 244 Å². The molecule has 0 aliphatic heterocycles. The van der Waals surface area contributed by atoms with Crippen LogP contribution in [0.1, 0.15) is 232 Å². The van der Waals surface area contributed by atoms with Gasteiger partial charge in [-0.05, 0) is 38.5 Å². The molecule has 346 valence electrons. The maximum Gasteiger partial charge on any atom is 0.362 e. The number of carbonyl (C=O) groups is 3. The first-order valence-corrected chi connectivity index (χ1v) is 24.9. The summed E-state index contributed by atoms with van der Waals surface area (Å²) in [4.78, 5) is 37.1. The zero-order valence-corrected chi connectivity index (χ0v) is 39.5. The van der Waals surface area contributed by atoms with Gasteiger partial charge in [0.2, 0.25) is 0 Å². The molecule has 0 saturated carbocycles. The van der Waals surface area contributed by atoms with Crippen LogP contribution >= 0.6 is 0 Å². The normalized spacial score (nSPS) is 13.0. The maximum absolute atomic E-state index is 12.7. The fourth-order valence-electron chi connectivity index (χ4n) is 7.50. The Bertz CT molecular complexity index is 1020. The van der Waals surface area contributed by atoms with E-state index < -0.39 is 18.1 Å². The van der Waals surface area contributed by atoms with E-state index in [1.807, 2.05) is 21.1 Å². The second-order valence-corrected chi connectivity index (χ2v) is 18.1. The third-order valence-electron chi connectivity index (χ3n) is 11.4. The molecule has 0 aromatic heterocycles. The van der Waals surface area contributed by atoms with Crippen LogP contribution in [0.15, 0.2) is 24.3 Å². The molecule has 2 unspecified atom stereocenters. The van der Waals surface area contributed by atoms with Crippen molar-refractivity contribution in [2.24, 2.45) is 0 Å². The predicted octanol–water partition coefficient (Wildman–Crippen LogP) is 14.0. The van der Waals surface area contributed by atoms with Crippen molar-refractivity contribution in [1.29, 1.82) is 0 Å². The van der Waals surface area contributed by atoms with E-state index in [4.69, 9.17) is 14.2 Å². The second kappa shape index (κ2) is 42.5. The van der Waals surface area contributed by atoms with Crippen molar-refractivity contribution in [1.82, 2.24) is 0 Å². The van der Waals surface area contributed by atoms with Crippen LogP contribution in [0.25, 0.3) is 0 Å². The van der Waals surface area contributed by atoms with Crippen LogP contribution in [0.2, 0.25) is 0 Å². The summed E-state index contributed by atoms with van der Waals surface area (Å²) < 4.78 is 17.3. The van der Waals surface area contributed by atoms with Crippen LogP contribution in [0, 0.1) is 0 Å². The van der Waals surface area contributed by atoms with Crippen molar-refractivity contribution in [3.05, 3.63) is 24.3 Å². The van der Waals surface area contributed by atoms with Gasteiger partial charge in [-0.15, -0.1) is 0 Å². The highest BCUT2D eigenvalue weighted by atomic mass is 16.6. The number of rotatable bonds is 45. The van der Waals surface area contributed by atoms with Gasteiger partial charge in [0.15, 0.2) is 12.1 Å². The van der Waals surface area contributed by atoms with Gasteiger partial charge in [0.05, 0.1) is 34.4 Å². The Morgan fingerprint density at radius 3 is 1.31 bits per heavy atom. The fourth-order valence-corrected chi connectivity index (χ4v) is 7.50. The van der Waals surface area contributed by atoms with Crippen LogP contribution in [-0.2, 0) is 28.6 Å². The molecule has 59 heavy (non-hydrogen) atoms. The van der Waals surface area contributed by atoms with Crippen LogP contribution in [-0.4, -0.2) is 80.6 Å². The molecule has 1 N–H and O–H groups in total. The van der Waals surface area contributed by atoms with Gasteiger partial charge in [-0.3, -0.25) is 9.59 Å². The molecule has 0 aromatic rings. The van der Waals surface area contributed by atoms with Crippen molar-refractivity contribution in [3.63, 3.8) is 0 Å². The monoisotopic (exact) mass is 835 g/mol. The lowest BCUT2D eigenvalue weighted by atomic mass is 10.0. The van der Waals surface area contributed by atoms with E-state index in [1.165, 1.54) is 148 Å². The first-order valence-electron chi connectivity index (χ1n) is 24.9. The zero-order chi connectivity index (χ0) is 43.5. The van der Waals surface area contributed by atoms with Crippen molar-refractivity contribution < 1.29 is 38.2 Å². The highest BCUT2D eigenvalue weighted by molar-refractivity contribution is 5.72. The van der Waals surface area contributed by atoms with E-state index in [-0.39, 0.29) is 36.2 Å². The standard InChI is InChI=1S/C51H95NO7/c1-6-8-10-12-14-16-18-20-22-23-24-25-26-28-29-31-33-35-37-39-41-49(53)58-46-47(45-57-44-43-48(51(55)56)52(3,4)5)59-50(54)42-40-38-36-34-32-30-27-21-19-17-15-13-11-9-7-2/h15,17,19,21,47-48H,6-14,16,18,20,22-46H2,1-5H3/p+1/b17-15+,21-19+. The molecule has 0 aromatic carbocycles. The highest BCUT2D eigenvalue weighted by Crippen LogP contribution is 2.16. The number of likely N-dealkylation sites (N-methyl/N-ethyl adjacent to an activating group) is 1. The Morgan fingerprint density at radius 1 is 0.508 bits per heavy atom. The second-order valence-electron chi connectivity index (χ2n) is 18.1. The summed E-state index contributed by atoms with van der Waals surface area (Å²) in [5.41, 5.74) is 0. The summed E-state index contributed by atoms with van der Waals surface area (Å²) in [5.74, 6) is -1.47. The van der Waals surface area contributed by atoms with Gasteiger partial charge in [0, 0.05) is 19.3 Å². The summed E-state index contributed by atoms with van der Waals surface area (Å²) in [7, 11) is 5.53. The lowest BCUT2D eigenvalue weighted by Crippen LogP contribution is -2.50. The minimum atomic E-state index is -0.874. The number of ether oxygens (including phenoxy) is 3. The number of aliphatic carboxylic acids is 1. The molecule has 0 fully saturated rings. The average Bonchev–Trinajstić information content (AvgIpc) is 3.19. The molecular weight excluding hydrogens is 739 g/mol. The Balaban J connectivity index is 4.23. The van der Waals surface area contributed by atoms with Gasteiger partial charge in [0.1, 0.15) is 6.61 Å². The van der Waals surface area contributed by atoms with Crippen molar-refractivity contribution in [3.8, 4) is 0 Å². The highest BCUT2D eigenvalue weighted by Gasteiger charge is 2.31. The predicted molar refractivity (Wildman–Crippen MR) is 248 cm³/mol. The van der Waals surface area contributed by atoms with E-state index in [1.54, 1.807) is 0 Å². The Kier molecular flexibility index (Phi) is 40.9. The average molecular weight is 835 g/mol. The van der Waals surface area contributed by atoms with Crippen molar-refractivity contribution >= 4 is 17.9 Å². The molecule has 0 bridgehead atoms. The van der Waals surface area contributed by atoms with E-state index in [0.29, 0.717) is 19.3 Å². The summed E-state index contributed by atoms with van der Waals surface area (Å²) in [5, 5.41) is 9.64. The Labute approximate surface area is 364 Å². The first-order chi connectivity index (χ1) is 28.6. The van der Waals surface area contributed by atoms with E-state index >= 15 is 0 Å². The zero-order valence-electron chi connectivity index (χ0n) is 39.5. The molecule has 0 spiro atoms. The molecule has 2 atom stereocenters. The number of allylic oxidation sites excluding steroid dienone is 4. The van der Waals surface area contributed by atoms with Gasteiger partial charge >= 0.3 is 17.9 Å². The number of carboxylic acid groups (broad SMARTS) is 1. The first kappa shape index (κ1) is 56.8. The summed E-state index contributed by atoms with van der Waals surface area (Å²) >= 11 is 0. The summed E-state index contributed by atoms with van der Waals surface area (Å²) in [6.45, 7) is 4.73. The summed E-state index contributed by atoms with van der Waals surface area (Å²) in [6, 6.07) is -0.614. The third-order valence-corrected chi connectivity index (χ3v) is 11.4. The number of nitrogens with zero attached hydrogens (tertiary/aromatic N) is 1. The van der Waals surface area contributed by atoms with E-state index in [0.717, 1.165) is 51.4 Å². The molecule has 8 heteroatoms. The maximum atomic E-state index is 12.7. The molecule has 0 aliphatic rings. The topological polar surface area (TPSA) is 99.1 Å². The lowest BCUT2D eigenvalue weighted by Gasteiger charge is -2.31. The van der Waals surface area contributed by atoms with E-state index in [9.17, 15) is 19.5 Å². The Hall–Kier alpha value is -2.19. The molecular formula is C51H96NO7+. The van der Waals surface area contributed by atoms with Gasteiger partial charge in [-0.25, -0.2) is 4.79 Å². The van der Waals surface area contributed by atoms with Crippen LogP contribution in [0.4, 0.5) is 0 Å². The molecule has 0 radical (unpaired) electrons. The number of esters is 2. The fraction of sp³-hybridized carbons (Fsp3) is 0.863. The molecule has 0 aliphatic carbocycles. The number of carboxylic acids is 1. The number of hydrogen-bond donors (Lipinski definition) is 1. The molecule has 0 rings (SSSR count). The number of unbranched alkanes of at least 4 members (excludes halogenated alkanes) is 28. The van der Waals surface area contributed by atoms with Crippen LogP contribution < -0.4 is 0 Å². The SMILES string of the molecule is CCCCC/C=C/C=C/CCCCCCCCC(=O)OC(COCCC(C(=O)O)[N+](C)(C)C)COC(=O)CCCCCCCCCCCCCCCCCCCCCC. The quantitative estimate of drug-likeness (QED) is 0.0282. The minimum absolute atomic E-state index is 0.0510. The number of quaternary nitrogens is 1. The third kappa shape index (κ3) is 41.0. The Morgan fingerprint density at radius 2 is 0.881 bits per heavy atom. The van der Waals surface area contributed by atoms with Gasteiger partial charge < -0.3 is 23.8 Å². The van der Waals surface area contributed by atoms with Crippen LogP contribution in [0.3, 0.4) is 0 Å². The van der Waals surface area contributed by atoms with Gasteiger partial charge in [-0.1, -0.05) is 199 Å². The molecule has 0 amide bonds. The number of carbonyl (C=O) groups excluding carboxylic acids is 2. The number of hydrogen-bond acceptors (Lipinski definition) is 6. The van der Waals surface area contributed by atoms with E-state index in [2.05, 4.69) is 38.2 Å². The van der Waals surface area contributed by atoms with Gasteiger partial charge in [-0.2, -0.15) is 0 Å². The minimum Gasteiger partial charge on any atom is -0.477 e. The summed E-state index contributed by atoms with van der Waals surface area (Å²) in [6.07, 6.45) is 47.9. The lowest BCUT2D eigenvalue weighted by molar-refractivity contribution is -0.887. The van der Waals surface area contributed by atoms with Crippen molar-refractivity contribution in [2.75, 3.05) is 41.0 Å². The molecule has 8 nitrogen and oxygen atoms in total. The largest absolute Gasteiger partial charge is 0.477 e. The smallest absolute Gasteiger partial charge is 0.362 e. The van der Waals surface area contributed by atoms with Gasteiger partial charge in [0.25, 0.3) is 0 Å². The molecule has 0 saturated heterocycles. The van der Waals surface area contributed by atoms with Crippen LogP contribution in [0.5, 0.6) is 0 Å².